The molecule has 0 unspecified atom stereocenters. The predicted molar refractivity (Wildman–Crippen MR) is 136 cm³/mol. The molecule has 3 aromatic carbocycles. The molecule has 0 saturated carbocycles. The molecule has 0 aromatic heterocycles. The molecule has 0 radical (unpaired) electrons. The van der Waals surface area contributed by atoms with Gasteiger partial charge in [0, 0.05) is 46.9 Å². The zero-order chi connectivity index (χ0) is 23.5. The maximum atomic E-state index is 14.8. The number of aliphatic imine (C=N–C) groups is 1. The number of amides is 1. The summed E-state index contributed by atoms with van der Waals surface area (Å²) in [5.74, 6) is -0.794. The number of likely N-dealkylation sites (N-methyl/N-ethyl adjacent to an activating group) is 1. The second kappa shape index (κ2) is 10.8. The first-order valence-electron chi connectivity index (χ1n) is 10.3. The SMILES string of the molecule is C.CN1CCN=C1c1ccc(C(=O)Cc2ccc(Cl)cc2C(=O)Nc2ccc(Cl)cc2)c(F)c1. The molecule has 0 fully saturated rings. The Morgan fingerprint density at radius 3 is 2.35 bits per heavy atom. The van der Waals surface area contributed by atoms with Gasteiger partial charge in [-0.2, -0.15) is 0 Å². The van der Waals surface area contributed by atoms with Gasteiger partial charge in [0.25, 0.3) is 5.91 Å². The molecule has 0 bridgehead atoms. The van der Waals surface area contributed by atoms with E-state index >= 15 is 0 Å². The summed E-state index contributed by atoms with van der Waals surface area (Å²) < 4.78 is 14.8. The van der Waals surface area contributed by atoms with Gasteiger partial charge in [0.2, 0.25) is 0 Å². The van der Waals surface area contributed by atoms with Crippen LogP contribution in [0.2, 0.25) is 10.0 Å². The van der Waals surface area contributed by atoms with Crippen molar-refractivity contribution in [3.05, 3.63) is 98.8 Å². The fourth-order valence-electron chi connectivity index (χ4n) is 3.64. The Kier molecular flexibility index (Phi) is 8.07. The summed E-state index contributed by atoms with van der Waals surface area (Å²) in [5.41, 5.74) is 1.81. The maximum Gasteiger partial charge on any atom is 0.256 e. The molecule has 5 nitrogen and oxygen atoms in total. The van der Waals surface area contributed by atoms with E-state index in [1.165, 1.54) is 18.2 Å². The molecule has 0 saturated heterocycles. The predicted octanol–water partition coefficient (Wildman–Crippen LogP) is 6.14. The Hall–Kier alpha value is -3.22. The highest BCUT2D eigenvalue weighted by atomic mass is 35.5. The molecule has 0 spiro atoms. The van der Waals surface area contributed by atoms with E-state index in [1.807, 2.05) is 11.9 Å². The molecular formula is C26H24Cl2FN3O2. The van der Waals surface area contributed by atoms with E-state index in [4.69, 9.17) is 23.2 Å². The Morgan fingerprint density at radius 2 is 1.71 bits per heavy atom. The second-order valence-corrected chi connectivity index (χ2v) is 8.56. The van der Waals surface area contributed by atoms with Gasteiger partial charge >= 0.3 is 0 Å². The van der Waals surface area contributed by atoms with Crippen LogP contribution in [0.15, 0.2) is 65.7 Å². The van der Waals surface area contributed by atoms with Crippen LogP contribution in [0.1, 0.15) is 39.3 Å². The quantitative estimate of drug-likeness (QED) is 0.414. The van der Waals surface area contributed by atoms with Crippen LogP contribution in [-0.4, -0.2) is 42.6 Å². The van der Waals surface area contributed by atoms with Gasteiger partial charge in [0.05, 0.1) is 12.1 Å². The third kappa shape index (κ3) is 5.64. The van der Waals surface area contributed by atoms with Gasteiger partial charge in [-0.25, -0.2) is 4.39 Å². The number of Topliss-reactive ketones (excluding diaryl/α,β-unsaturated/α-hetero) is 1. The number of nitrogens with one attached hydrogen (secondary N) is 1. The molecule has 4 rings (SSSR count). The van der Waals surface area contributed by atoms with E-state index in [0.717, 1.165) is 6.54 Å². The summed E-state index contributed by atoms with van der Waals surface area (Å²) in [5, 5.41) is 3.66. The summed E-state index contributed by atoms with van der Waals surface area (Å²) in [6.45, 7) is 1.43. The number of halogens is 3. The molecule has 1 aliphatic heterocycles. The number of rotatable bonds is 6. The van der Waals surface area contributed by atoms with Gasteiger partial charge < -0.3 is 10.2 Å². The van der Waals surface area contributed by atoms with Crippen LogP contribution >= 0.6 is 23.2 Å². The lowest BCUT2D eigenvalue weighted by Gasteiger charge is -2.14. The first-order valence-corrected chi connectivity index (χ1v) is 11.0. The van der Waals surface area contributed by atoms with Gasteiger partial charge in [-0.3, -0.25) is 14.6 Å². The summed E-state index contributed by atoms with van der Waals surface area (Å²) in [7, 11) is 1.89. The molecule has 1 heterocycles. The lowest BCUT2D eigenvalue weighted by atomic mass is 9.97. The first kappa shape index (κ1) is 25.4. The van der Waals surface area contributed by atoms with Gasteiger partial charge in [0.1, 0.15) is 11.7 Å². The Bertz CT molecular complexity index is 1260. The van der Waals surface area contributed by atoms with Crippen LogP contribution in [0.4, 0.5) is 10.1 Å². The third-order valence-corrected chi connectivity index (χ3v) is 5.84. The van der Waals surface area contributed by atoms with Crippen LogP contribution in [0, 0.1) is 5.82 Å². The number of anilines is 1. The highest BCUT2D eigenvalue weighted by Crippen LogP contribution is 2.22. The molecule has 176 valence electrons. The molecule has 1 aliphatic rings. The van der Waals surface area contributed by atoms with Crippen molar-refractivity contribution in [2.24, 2.45) is 4.99 Å². The van der Waals surface area contributed by atoms with Gasteiger partial charge in [-0.05, 0) is 54.1 Å². The Balaban J connectivity index is 0.00000324. The zero-order valence-electron chi connectivity index (χ0n) is 17.7. The summed E-state index contributed by atoms with van der Waals surface area (Å²) in [6, 6.07) is 15.8. The molecule has 8 heteroatoms. The average molecular weight is 500 g/mol. The highest BCUT2D eigenvalue weighted by molar-refractivity contribution is 6.31. The number of hydrogen-bond acceptors (Lipinski definition) is 4. The largest absolute Gasteiger partial charge is 0.358 e. The minimum atomic E-state index is -0.623. The van der Waals surface area contributed by atoms with E-state index in [1.54, 1.807) is 42.5 Å². The number of amidine groups is 1. The number of benzene rings is 3. The van der Waals surface area contributed by atoms with Gasteiger partial charge in [0.15, 0.2) is 5.78 Å². The molecule has 1 amide bonds. The van der Waals surface area contributed by atoms with Crippen molar-refractivity contribution in [1.29, 1.82) is 0 Å². The van der Waals surface area contributed by atoms with E-state index in [2.05, 4.69) is 10.3 Å². The normalized spacial score (nSPS) is 12.7. The van der Waals surface area contributed by atoms with Crippen LogP contribution in [-0.2, 0) is 6.42 Å². The summed E-state index contributed by atoms with van der Waals surface area (Å²) in [4.78, 5) is 32.1. The first-order chi connectivity index (χ1) is 15.8. The van der Waals surface area contributed by atoms with E-state index in [9.17, 15) is 14.0 Å². The van der Waals surface area contributed by atoms with Crippen molar-refractivity contribution in [1.82, 2.24) is 4.90 Å². The van der Waals surface area contributed by atoms with Crippen molar-refractivity contribution in [3.8, 4) is 0 Å². The van der Waals surface area contributed by atoms with E-state index in [0.29, 0.717) is 39.2 Å². The lowest BCUT2D eigenvalue weighted by Crippen LogP contribution is -2.23. The number of hydrogen-bond donors (Lipinski definition) is 1. The van der Waals surface area contributed by atoms with Crippen molar-refractivity contribution < 1.29 is 14.0 Å². The van der Waals surface area contributed by atoms with Gasteiger partial charge in [-0.15, -0.1) is 0 Å². The van der Waals surface area contributed by atoms with Crippen LogP contribution in [0.3, 0.4) is 0 Å². The third-order valence-electron chi connectivity index (χ3n) is 5.36. The standard InChI is InChI=1S/C25H20Cl2FN3O2.CH4/c1-31-11-10-29-24(31)16-3-9-20(22(28)12-16)23(32)13-15-2-4-18(27)14-21(15)25(33)30-19-7-5-17(26)6-8-19;/h2-9,12,14H,10-11,13H2,1H3,(H,30,33);1H4. The number of nitrogens with zero attached hydrogens (tertiary/aromatic N) is 2. The fourth-order valence-corrected chi connectivity index (χ4v) is 3.94. The maximum absolute atomic E-state index is 14.8. The summed E-state index contributed by atoms with van der Waals surface area (Å²) in [6.07, 6.45) is -0.155. The van der Waals surface area contributed by atoms with Crippen LogP contribution in [0.5, 0.6) is 0 Å². The zero-order valence-corrected chi connectivity index (χ0v) is 19.3. The van der Waals surface area contributed by atoms with Crippen LogP contribution in [0.25, 0.3) is 0 Å². The highest BCUT2D eigenvalue weighted by Gasteiger charge is 2.21. The second-order valence-electron chi connectivity index (χ2n) is 7.68. The number of carbonyl (C=O) groups excluding carboxylic acids is 2. The molecule has 3 aromatic rings. The molecule has 34 heavy (non-hydrogen) atoms. The van der Waals surface area contributed by atoms with Crippen molar-refractivity contribution in [2.75, 3.05) is 25.5 Å². The van der Waals surface area contributed by atoms with E-state index < -0.39 is 17.5 Å². The van der Waals surface area contributed by atoms with Crippen LogP contribution < -0.4 is 5.32 Å². The summed E-state index contributed by atoms with van der Waals surface area (Å²) >= 11 is 12.0. The minimum Gasteiger partial charge on any atom is -0.358 e. The van der Waals surface area contributed by atoms with Crippen molar-refractivity contribution in [3.63, 3.8) is 0 Å². The Morgan fingerprint density at radius 1 is 1.00 bits per heavy atom. The van der Waals surface area contributed by atoms with E-state index in [-0.39, 0.29) is 25.0 Å². The monoisotopic (exact) mass is 499 g/mol. The molecule has 0 atom stereocenters. The molecule has 0 aliphatic carbocycles. The lowest BCUT2D eigenvalue weighted by molar-refractivity contribution is 0.0988. The average Bonchev–Trinajstić information content (AvgIpc) is 3.22. The van der Waals surface area contributed by atoms with Crippen molar-refractivity contribution >= 4 is 46.4 Å². The van der Waals surface area contributed by atoms with Gasteiger partial charge in [-0.1, -0.05) is 42.8 Å². The number of carbonyl (C=O) groups is 2. The fraction of sp³-hybridized carbons (Fsp3) is 0.192. The Labute approximate surface area is 208 Å². The topological polar surface area (TPSA) is 61.8 Å². The van der Waals surface area contributed by atoms with Crippen molar-refractivity contribution in [2.45, 2.75) is 13.8 Å². The minimum absolute atomic E-state index is 0. The smallest absolute Gasteiger partial charge is 0.256 e. The molecular weight excluding hydrogens is 476 g/mol. The molecule has 1 N–H and O–H groups in total. The number of ketones is 1.